The molecule has 14 heavy (non-hydrogen) atoms. The van der Waals surface area contributed by atoms with Gasteiger partial charge in [-0.3, -0.25) is 4.79 Å². The molecule has 0 radical (unpaired) electrons. The molecule has 1 unspecified atom stereocenters. The highest BCUT2D eigenvalue weighted by atomic mass is 79.9. The Balaban J connectivity index is 3.23. The Morgan fingerprint density at radius 2 is 2.29 bits per heavy atom. The molecule has 0 amide bonds. The fourth-order valence-corrected chi connectivity index (χ4v) is 1.76. The van der Waals surface area contributed by atoms with Crippen LogP contribution in [0.25, 0.3) is 0 Å². The summed E-state index contributed by atoms with van der Waals surface area (Å²) >= 11 is 8.94. The van der Waals surface area contributed by atoms with E-state index in [0.717, 1.165) is 5.56 Å². The van der Waals surface area contributed by atoms with Crippen molar-refractivity contribution in [2.24, 2.45) is 0 Å². The zero-order chi connectivity index (χ0) is 10.7. The van der Waals surface area contributed by atoms with E-state index >= 15 is 0 Å². The summed E-state index contributed by atoms with van der Waals surface area (Å²) in [5.74, 6) is -0.265. The lowest BCUT2D eigenvalue weighted by Crippen LogP contribution is -2.12. The van der Waals surface area contributed by atoms with E-state index in [1.165, 1.54) is 6.07 Å². The number of benzene rings is 1. The van der Waals surface area contributed by atoms with Gasteiger partial charge in [0.25, 0.3) is 0 Å². The van der Waals surface area contributed by atoms with Gasteiger partial charge >= 0.3 is 0 Å². The first-order valence-corrected chi connectivity index (χ1v) is 5.68. The number of phenols is 1. The molecule has 0 aliphatic rings. The zero-order valence-electron chi connectivity index (χ0n) is 7.63. The van der Waals surface area contributed by atoms with E-state index in [2.05, 4.69) is 15.9 Å². The molecule has 0 saturated heterocycles. The van der Waals surface area contributed by atoms with Gasteiger partial charge in [0.2, 0.25) is 0 Å². The van der Waals surface area contributed by atoms with Crippen LogP contribution >= 0.6 is 27.5 Å². The minimum absolute atomic E-state index is 0.0144. The summed E-state index contributed by atoms with van der Waals surface area (Å²) < 4.78 is 0. The average molecular weight is 278 g/mol. The number of alkyl halides is 2. The molecule has 1 N–H and O–H groups in total. The lowest BCUT2D eigenvalue weighted by molar-refractivity contribution is 0.0988. The van der Waals surface area contributed by atoms with Gasteiger partial charge < -0.3 is 5.11 Å². The van der Waals surface area contributed by atoms with Gasteiger partial charge in [-0.15, -0.1) is 11.6 Å². The Hall–Kier alpha value is -0.540. The molecule has 0 heterocycles. The van der Waals surface area contributed by atoms with Crippen molar-refractivity contribution in [1.82, 2.24) is 0 Å². The number of hydrogen-bond acceptors (Lipinski definition) is 2. The second-order valence-electron chi connectivity index (χ2n) is 2.93. The summed E-state index contributed by atoms with van der Waals surface area (Å²) in [6, 6.07) is 4.96. The van der Waals surface area contributed by atoms with Crippen molar-refractivity contribution in [2.45, 2.75) is 17.6 Å². The smallest absolute Gasteiger partial charge is 0.184 e. The number of carbonyl (C=O) groups excluding carboxylic acids is 1. The van der Waals surface area contributed by atoms with Gasteiger partial charge in [-0.05, 0) is 18.6 Å². The van der Waals surface area contributed by atoms with E-state index in [9.17, 15) is 9.90 Å². The first kappa shape index (κ1) is 11.5. The van der Waals surface area contributed by atoms with Gasteiger partial charge in [0.15, 0.2) is 5.78 Å². The van der Waals surface area contributed by atoms with Crippen LogP contribution in [0.15, 0.2) is 18.2 Å². The largest absolute Gasteiger partial charge is 0.507 e. The molecule has 1 rings (SSSR count). The zero-order valence-corrected chi connectivity index (χ0v) is 9.97. The highest BCUT2D eigenvalue weighted by Crippen LogP contribution is 2.25. The van der Waals surface area contributed by atoms with Gasteiger partial charge in [-0.25, -0.2) is 0 Å². The van der Waals surface area contributed by atoms with Gasteiger partial charge in [0, 0.05) is 5.33 Å². The van der Waals surface area contributed by atoms with E-state index in [-0.39, 0.29) is 11.5 Å². The van der Waals surface area contributed by atoms with Crippen LogP contribution in [-0.4, -0.2) is 16.3 Å². The summed E-state index contributed by atoms with van der Waals surface area (Å²) in [5, 5.41) is 9.44. The molecule has 1 aromatic carbocycles. The molecule has 0 aromatic heterocycles. The van der Waals surface area contributed by atoms with E-state index in [1.807, 2.05) is 0 Å². The molecular formula is C10H10BrClO2. The first-order valence-electron chi connectivity index (χ1n) is 4.13. The number of aromatic hydroxyl groups is 1. The van der Waals surface area contributed by atoms with Crippen molar-refractivity contribution in [3.63, 3.8) is 0 Å². The molecule has 0 aliphatic carbocycles. The molecule has 4 heteroatoms. The summed E-state index contributed by atoms with van der Waals surface area (Å²) in [4.78, 5) is 11.6. The Labute approximate surface area is 96.0 Å². The summed E-state index contributed by atoms with van der Waals surface area (Å²) in [6.45, 7) is 1.59. The lowest BCUT2D eigenvalue weighted by atomic mass is 10.0. The molecule has 0 aliphatic heterocycles. The number of rotatable bonds is 3. The molecular weight excluding hydrogens is 267 g/mol. The van der Waals surface area contributed by atoms with Crippen LogP contribution in [-0.2, 0) is 5.33 Å². The van der Waals surface area contributed by atoms with Gasteiger partial charge in [0.1, 0.15) is 5.75 Å². The molecule has 1 atom stereocenters. The van der Waals surface area contributed by atoms with Gasteiger partial charge in [-0.1, -0.05) is 28.1 Å². The Kier molecular flexibility index (Phi) is 3.96. The van der Waals surface area contributed by atoms with Crippen molar-refractivity contribution in [3.05, 3.63) is 29.3 Å². The van der Waals surface area contributed by atoms with Crippen LogP contribution in [0, 0.1) is 0 Å². The van der Waals surface area contributed by atoms with Crippen LogP contribution in [0.3, 0.4) is 0 Å². The number of halogens is 2. The van der Waals surface area contributed by atoms with Crippen LogP contribution < -0.4 is 0 Å². The number of ketones is 1. The van der Waals surface area contributed by atoms with Crippen LogP contribution in [0.1, 0.15) is 22.8 Å². The number of phenolic OH excluding ortho intramolecular Hbond substituents is 1. The highest BCUT2D eigenvalue weighted by molar-refractivity contribution is 9.08. The first-order chi connectivity index (χ1) is 6.57. The second-order valence-corrected chi connectivity index (χ2v) is 4.14. The minimum atomic E-state index is -0.624. The quantitative estimate of drug-likeness (QED) is 0.681. The molecule has 2 nitrogen and oxygen atoms in total. The lowest BCUT2D eigenvalue weighted by Gasteiger charge is -2.09. The monoisotopic (exact) mass is 276 g/mol. The Bertz CT molecular complexity index is 350. The molecule has 1 aromatic rings. The average Bonchev–Trinajstić information content (AvgIpc) is 2.16. The third kappa shape index (κ3) is 2.28. The molecule has 0 fully saturated rings. The van der Waals surface area contributed by atoms with Crippen LogP contribution in [0.4, 0.5) is 0 Å². The summed E-state index contributed by atoms with van der Waals surface area (Å²) in [6.07, 6.45) is 0. The van der Waals surface area contributed by atoms with E-state index in [1.54, 1.807) is 19.1 Å². The van der Waals surface area contributed by atoms with Crippen molar-refractivity contribution in [1.29, 1.82) is 0 Å². The van der Waals surface area contributed by atoms with Crippen LogP contribution in [0.5, 0.6) is 5.75 Å². The third-order valence-electron chi connectivity index (χ3n) is 1.88. The fourth-order valence-electron chi connectivity index (χ4n) is 1.18. The second kappa shape index (κ2) is 4.80. The fraction of sp³-hybridized carbons (Fsp3) is 0.300. The molecule has 0 bridgehead atoms. The maximum absolute atomic E-state index is 11.6. The maximum Gasteiger partial charge on any atom is 0.184 e. The minimum Gasteiger partial charge on any atom is -0.507 e. The SMILES string of the molecule is CC(Cl)C(=O)c1c(O)cccc1CBr. The highest BCUT2D eigenvalue weighted by Gasteiger charge is 2.19. The predicted octanol–water partition coefficient (Wildman–Crippen LogP) is 3.10. The Morgan fingerprint density at radius 1 is 1.64 bits per heavy atom. The predicted molar refractivity (Wildman–Crippen MR) is 60.4 cm³/mol. The van der Waals surface area contributed by atoms with E-state index in [0.29, 0.717) is 10.9 Å². The van der Waals surface area contributed by atoms with Crippen molar-refractivity contribution < 1.29 is 9.90 Å². The van der Waals surface area contributed by atoms with Crippen molar-refractivity contribution in [2.75, 3.05) is 0 Å². The Morgan fingerprint density at radius 3 is 2.79 bits per heavy atom. The van der Waals surface area contributed by atoms with Crippen molar-refractivity contribution in [3.8, 4) is 5.75 Å². The normalized spacial score (nSPS) is 12.5. The summed E-state index contributed by atoms with van der Waals surface area (Å²) in [7, 11) is 0. The third-order valence-corrected chi connectivity index (χ3v) is 2.68. The van der Waals surface area contributed by atoms with Gasteiger partial charge in [-0.2, -0.15) is 0 Å². The molecule has 0 spiro atoms. The number of hydrogen-bond donors (Lipinski definition) is 1. The molecule has 0 saturated carbocycles. The van der Waals surface area contributed by atoms with Gasteiger partial charge in [0.05, 0.1) is 10.9 Å². The topological polar surface area (TPSA) is 37.3 Å². The van der Waals surface area contributed by atoms with E-state index < -0.39 is 5.38 Å². The number of Topliss-reactive ketones (excluding diaryl/α,β-unsaturated/α-hetero) is 1. The molecule has 76 valence electrons. The van der Waals surface area contributed by atoms with Crippen molar-refractivity contribution >= 4 is 33.3 Å². The number of carbonyl (C=O) groups is 1. The standard InChI is InChI=1S/C10H10BrClO2/c1-6(12)10(14)9-7(5-11)3-2-4-8(9)13/h2-4,6,13H,5H2,1H3. The maximum atomic E-state index is 11.6. The van der Waals surface area contributed by atoms with Crippen LogP contribution in [0.2, 0.25) is 0 Å². The summed E-state index contributed by atoms with van der Waals surface area (Å²) in [5.41, 5.74) is 1.06. The van der Waals surface area contributed by atoms with E-state index in [4.69, 9.17) is 11.6 Å².